The zero-order valence-electron chi connectivity index (χ0n) is 16.3. The smallest absolute Gasteiger partial charge is 0.268 e. The van der Waals surface area contributed by atoms with Crippen LogP contribution in [-0.2, 0) is 5.88 Å². The summed E-state index contributed by atoms with van der Waals surface area (Å²) < 4.78 is 30.3. The van der Waals surface area contributed by atoms with Crippen LogP contribution in [0.4, 0.5) is 8.78 Å². The first-order valence-corrected chi connectivity index (χ1v) is 10.4. The second-order valence-corrected chi connectivity index (χ2v) is 7.74. The van der Waals surface area contributed by atoms with Gasteiger partial charge in [-0.05, 0) is 36.4 Å². The Balaban J connectivity index is 1.64. The van der Waals surface area contributed by atoms with Gasteiger partial charge in [-0.25, -0.2) is 13.8 Å². The fourth-order valence-electron chi connectivity index (χ4n) is 3.31. The molecule has 10 heteroatoms. The lowest BCUT2D eigenvalue weighted by Crippen LogP contribution is -2.25. The van der Waals surface area contributed by atoms with E-state index in [0.29, 0.717) is 22.5 Å². The molecule has 5 aromatic rings. The van der Waals surface area contributed by atoms with Gasteiger partial charge in [-0.1, -0.05) is 41.2 Å². The summed E-state index contributed by atoms with van der Waals surface area (Å²) in [5.74, 6) is -1.70. The highest BCUT2D eigenvalue weighted by Gasteiger charge is 2.17. The first-order chi connectivity index (χ1) is 15.5. The van der Waals surface area contributed by atoms with E-state index in [1.165, 1.54) is 6.07 Å². The van der Waals surface area contributed by atoms with E-state index in [1.54, 1.807) is 48.5 Å². The molecule has 32 heavy (non-hydrogen) atoms. The monoisotopic (exact) mass is 449 g/mol. The molecule has 0 aliphatic rings. The Labute approximate surface area is 183 Å². The Morgan fingerprint density at radius 1 is 0.844 bits per heavy atom. The first-order valence-electron chi connectivity index (χ1n) is 9.45. The van der Waals surface area contributed by atoms with Crippen molar-refractivity contribution in [1.29, 1.82) is 0 Å². The summed E-state index contributed by atoms with van der Waals surface area (Å²) in [7, 11) is 0. The van der Waals surface area contributed by atoms with Gasteiger partial charge >= 0.3 is 0 Å². The summed E-state index contributed by atoms with van der Waals surface area (Å²) in [5.41, 5.74) is -0.135. The fraction of sp³-hybridized carbons (Fsp3) is 0.0455. The molecule has 0 fully saturated rings. The maximum Gasteiger partial charge on any atom is 0.278 e. The third kappa shape index (κ3) is 3.44. The molecule has 0 unspecified atom stereocenters. The van der Waals surface area contributed by atoms with Gasteiger partial charge in [0.2, 0.25) is 0 Å². The number of halogens is 2. The minimum Gasteiger partial charge on any atom is -0.268 e. The molecule has 0 saturated heterocycles. The maximum atomic E-state index is 14.6. The molecule has 158 valence electrons. The largest absolute Gasteiger partial charge is 0.278 e. The fourth-order valence-corrected chi connectivity index (χ4v) is 4.19. The topological polar surface area (TPSA) is 82.7 Å². The predicted molar refractivity (Wildman–Crippen MR) is 117 cm³/mol. The van der Waals surface area contributed by atoms with Gasteiger partial charge in [-0.2, -0.15) is 4.68 Å². The highest BCUT2D eigenvalue weighted by atomic mass is 32.2. The summed E-state index contributed by atoms with van der Waals surface area (Å²) in [6.45, 7) is 0. The van der Waals surface area contributed by atoms with Crippen molar-refractivity contribution >= 4 is 33.6 Å². The molecule has 0 saturated carbocycles. The SMILES string of the molecule is O=c1c2ccccc2nnn1CSc1nc2ccccc2c(=O)n1-c1ccc(F)cc1F. The van der Waals surface area contributed by atoms with Gasteiger partial charge in [0.25, 0.3) is 11.1 Å². The molecule has 0 bridgehead atoms. The number of nitrogens with zero attached hydrogens (tertiary/aromatic N) is 5. The molecular formula is C22H13F2N5O2S. The van der Waals surface area contributed by atoms with Crippen molar-refractivity contribution in [3.05, 3.63) is 99.1 Å². The quantitative estimate of drug-likeness (QED) is 0.308. The number of fused-ring (bicyclic) bond motifs is 2. The molecule has 5 rings (SSSR count). The molecule has 3 aromatic carbocycles. The van der Waals surface area contributed by atoms with Crippen LogP contribution in [0.5, 0.6) is 0 Å². The average Bonchev–Trinajstić information content (AvgIpc) is 2.80. The summed E-state index contributed by atoms with van der Waals surface area (Å²) in [6, 6.07) is 16.4. The van der Waals surface area contributed by atoms with E-state index in [-0.39, 0.29) is 27.7 Å². The standard InChI is InChI=1S/C22H13F2N5O2S/c23-13-9-10-19(16(24)11-13)29-21(31)14-5-1-3-7-17(14)25-22(29)32-12-28-20(30)15-6-2-4-8-18(15)26-27-28/h1-11H,12H2. The predicted octanol–water partition coefficient (Wildman–Crippen LogP) is 3.52. The number of rotatable bonds is 4. The van der Waals surface area contributed by atoms with Gasteiger partial charge in [-0.3, -0.25) is 14.2 Å². The molecule has 0 aliphatic carbocycles. The molecule has 0 aliphatic heterocycles. The van der Waals surface area contributed by atoms with Crippen LogP contribution >= 0.6 is 11.8 Å². The number of thioether (sulfide) groups is 1. The van der Waals surface area contributed by atoms with E-state index in [0.717, 1.165) is 27.1 Å². The summed E-state index contributed by atoms with van der Waals surface area (Å²) >= 11 is 1.01. The van der Waals surface area contributed by atoms with Crippen molar-refractivity contribution in [2.24, 2.45) is 0 Å². The lowest BCUT2D eigenvalue weighted by molar-refractivity contribution is 0.572. The molecule has 0 atom stereocenters. The maximum absolute atomic E-state index is 14.6. The minimum atomic E-state index is -0.909. The Morgan fingerprint density at radius 2 is 1.53 bits per heavy atom. The van der Waals surface area contributed by atoms with Crippen LogP contribution < -0.4 is 11.1 Å². The van der Waals surface area contributed by atoms with E-state index in [1.807, 2.05) is 0 Å². The number of hydrogen-bond donors (Lipinski definition) is 0. The zero-order chi connectivity index (χ0) is 22.2. The molecule has 0 N–H and O–H groups in total. The van der Waals surface area contributed by atoms with Gasteiger partial charge in [0.1, 0.15) is 17.2 Å². The van der Waals surface area contributed by atoms with Crippen LogP contribution in [0.2, 0.25) is 0 Å². The first kappa shape index (κ1) is 20.0. The molecule has 7 nitrogen and oxygen atoms in total. The Kier molecular flexibility index (Phi) is 4.98. The Hall–Kier alpha value is -3.92. The molecule has 0 spiro atoms. The van der Waals surface area contributed by atoms with E-state index in [2.05, 4.69) is 15.3 Å². The van der Waals surface area contributed by atoms with Crippen LogP contribution in [0, 0.1) is 11.6 Å². The number of aromatic nitrogens is 5. The van der Waals surface area contributed by atoms with Crippen LogP contribution in [0.15, 0.2) is 81.5 Å². The third-order valence-corrected chi connectivity index (χ3v) is 5.75. The van der Waals surface area contributed by atoms with Crippen LogP contribution in [0.3, 0.4) is 0 Å². The van der Waals surface area contributed by atoms with Gasteiger partial charge in [-0.15, -0.1) is 5.10 Å². The zero-order valence-corrected chi connectivity index (χ0v) is 17.1. The van der Waals surface area contributed by atoms with Crippen molar-refractivity contribution < 1.29 is 8.78 Å². The normalized spacial score (nSPS) is 11.3. The third-order valence-electron chi connectivity index (χ3n) is 4.84. The van der Waals surface area contributed by atoms with Crippen LogP contribution in [-0.4, -0.2) is 24.5 Å². The second kappa shape index (κ2) is 7.97. The summed E-state index contributed by atoms with van der Waals surface area (Å²) in [5, 5.41) is 8.77. The second-order valence-electron chi connectivity index (χ2n) is 6.83. The summed E-state index contributed by atoms with van der Waals surface area (Å²) in [4.78, 5) is 30.4. The van der Waals surface area contributed by atoms with E-state index in [9.17, 15) is 18.4 Å². The highest BCUT2D eigenvalue weighted by Crippen LogP contribution is 2.24. The number of hydrogen-bond acceptors (Lipinski definition) is 6. The lowest BCUT2D eigenvalue weighted by Gasteiger charge is -2.14. The molecule has 2 aromatic heterocycles. The van der Waals surface area contributed by atoms with Crippen molar-refractivity contribution in [2.75, 3.05) is 0 Å². The van der Waals surface area contributed by atoms with Gasteiger partial charge < -0.3 is 0 Å². The Bertz CT molecular complexity index is 1620. The highest BCUT2D eigenvalue weighted by molar-refractivity contribution is 7.98. The van der Waals surface area contributed by atoms with Gasteiger partial charge in [0.15, 0.2) is 5.16 Å². The van der Waals surface area contributed by atoms with Gasteiger partial charge in [0, 0.05) is 6.07 Å². The number of para-hydroxylation sites is 1. The van der Waals surface area contributed by atoms with E-state index < -0.39 is 17.2 Å². The van der Waals surface area contributed by atoms with Crippen LogP contribution in [0.25, 0.3) is 27.5 Å². The molecule has 2 heterocycles. The average molecular weight is 449 g/mol. The van der Waals surface area contributed by atoms with Crippen molar-refractivity contribution in [3.8, 4) is 5.69 Å². The molecular weight excluding hydrogens is 436 g/mol. The lowest BCUT2D eigenvalue weighted by atomic mass is 10.2. The number of benzene rings is 3. The minimum absolute atomic E-state index is 0.0236. The van der Waals surface area contributed by atoms with Crippen LogP contribution in [0.1, 0.15) is 0 Å². The van der Waals surface area contributed by atoms with E-state index in [4.69, 9.17) is 0 Å². The molecule has 0 amide bonds. The van der Waals surface area contributed by atoms with Crippen molar-refractivity contribution in [2.45, 2.75) is 11.0 Å². The molecule has 0 radical (unpaired) electrons. The van der Waals surface area contributed by atoms with Crippen molar-refractivity contribution in [3.63, 3.8) is 0 Å². The van der Waals surface area contributed by atoms with Crippen molar-refractivity contribution in [1.82, 2.24) is 24.5 Å². The Morgan fingerprint density at radius 3 is 2.28 bits per heavy atom. The summed E-state index contributed by atoms with van der Waals surface area (Å²) in [6.07, 6.45) is 0. The van der Waals surface area contributed by atoms with Gasteiger partial charge in [0.05, 0.1) is 27.9 Å². The van der Waals surface area contributed by atoms with E-state index >= 15 is 0 Å².